The molecule has 0 saturated carbocycles. The lowest BCUT2D eigenvalue weighted by molar-refractivity contribution is 0.318. The van der Waals surface area contributed by atoms with E-state index in [1.165, 1.54) is 0 Å². The molecule has 0 aliphatic carbocycles. The number of hydrogen-bond donors (Lipinski definition) is 2. The summed E-state index contributed by atoms with van der Waals surface area (Å²) >= 11 is 0. The van der Waals surface area contributed by atoms with Crippen molar-refractivity contribution in [1.82, 2.24) is 0 Å². The average molecular weight is 180 g/mol. The topological polar surface area (TPSA) is 67.8 Å². The third kappa shape index (κ3) is 2.19. The minimum atomic E-state index is 0.211. The van der Waals surface area contributed by atoms with Crippen LogP contribution in [0.2, 0.25) is 0 Å². The van der Waals surface area contributed by atoms with Crippen LogP contribution in [0, 0.1) is 0 Å². The highest BCUT2D eigenvalue weighted by atomic mass is 16.5. The molecular formula is C9H12N2O2. The number of ether oxygens (including phenoxy) is 1. The normalized spacial score (nSPS) is 11.4. The molecule has 0 radical (unpaired) electrons. The molecule has 0 aliphatic rings. The van der Waals surface area contributed by atoms with Crippen LogP contribution >= 0.6 is 0 Å². The molecule has 70 valence electrons. The first-order valence-electron chi connectivity index (χ1n) is 3.87. The number of nitrogens with two attached hydrogens (primary N) is 1. The zero-order valence-corrected chi connectivity index (χ0v) is 7.40. The summed E-state index contributed by atoms with van der Waals surface area (Å²) in [5.74, 6) is 0.762. The maximum atomic E-state index is 8.58. The van der Waals surface area contributed by atoms with Crippen LogP contribution < -0.4 is 10.5 Å². The molecule has 1 aromatic carbocycles. The van der Waals surface area contributed by atoms with E-state index in [2.05, 4.69) is 5.16 Å². The van der Waals surface area contributed by atoms with E-state index in [1.807, 2.05) is 0 Å². The van der Waals surface area contributed by atoms with Gasteiger partial charge in [0.1, 0.15) is 11.5 Å². The Morgan fingerprint density at radius 2 is 2.08 bits per heavy atom. The average Bonchev–Trinajstić information content (AvgIpc) is 2.21. The first-order chi connectivity index (χ1) is 6.31. The van der Waals surface area contributed by atoms with Crippen molar-refractivity contribution in [1.29, 1.82) is 0 Å². The summed E-state index contributed by atoms with van der Waals surface area (Å²) < 4.78 is 4.98. The highest BCUT2D eigenvalue weighted by Gasteiger charge is 2.01. The van der Waals surface area contributed by atoms with Crippen molar-refractivity contribution in [3.05, 3.63) is 29.8 Å². The van der Waals surface area contributed by atoms with E-state index >= 15 is 0 Å². The minimum Gasteiger partial charge on any atom is -0.497 e. The lowest BCUT2D eigenvalue weighted by atomic mass is 10.1. The van der Waals surface area contributed by atoms with E-state index in [-0.39, 0.29) is 6.54 Å². The monoisotopic (exact) mass is 180 g/mol. The van der Waals surface area contributed by atoms with Gasteiger partial charge in [0, 0.05) is 12.1 Å². The van der Waals surface area contributed by atoms with Gasteiger partial charge in [-0.25, -0.2) is 0 Å². The van der Waals surface area contributed by atoms with Gasteiger partial charge in [-0.1, -0.05) is 5.16 Å². The standard InChI is InChI=1S/C9H12N2O2/c1-13-8-4-2-7(3-5-8)9(6-10)11-12/h2-5,12H,6,10H2,1H3/b11-9-. The van der Waals surface area contributed by atoms with Crippen LogP contribution in [0.25, 0.3) is 0 Å². The molecule has 4 nitrogen and oxygen atoms in total. The second kappa shape index (κ2) is 4.47. The number of nitrogens with zero attached hydrogens (tertiary/aromatic N) is 1. The lowest BCUT2D eigenvalue weighted by Crippen LogP contribution is -2.14. The van der Waals surface area contributed by atoms with E-state index in [4.69, 9.17) is 15.7 Å². The molecule has 0 unspecified atom stereocenters. The third-order valence-corrected chi connectivity index (χ3v) is 1.74. The van der Waals surface area contributed by atoms with Crippen molar-refractivity contribution in [3.63, 3.8) is 0 Å². The van der Waals surface area contributed by atoms with Gasteiger partial charge in [-0.2, -0.15) is 0 Å². The van der Waals surface area contributed by atoms with Crippen molar-refractivity contribution in [2.24, 2.45) is 10.9 Å². The van der Waals surface area contributed by atoms with Gasteiger partial charge in [0.05, 0.1) is 7.11 Å². The van der Waals surface area contributed by atoms with Crippen LogP contribution in [0.5, 0.6) is 5.75 Å². The number of rotatable bonds is 3. The number of oxime groups is 1. The Kier molecular flexibility index (Phi) is 3.28. The van der Waals surface area contributed by atoms with Crippen LogP contribution in [-0.2, 0) is 0 Å². The van der Waals surface area contributed by atoms with Crippen molar-refractivity contribution in [2.75, 3.05) is 13.7 Å². The Balaban J connectivity index is 2.91. The third-order valence-electron chi connectivity index (χ3n) is 1.74. The van der Waals surface area contributed by atoms with Crippen molar-refractivity contribution in [3.8, 4) is 5.75 Å². The smallest absolute Gasteiger partial charge is 0.118 e. The van der Waals surface area contributed by atoms with E-state index < -0.39 is 0 Å². The number of benzene rings is 1. The van der Waals surface area contributed by atoms with Crippen molar-refractivity contribution < 1.29 is 9.94 Å². The fraction of sp³-hybridized carbons (Fsp3) is 0.222. The van der Waals surface area contributed by atoms with E-state index in [9.17, 15) is 0 Å². The molecule has 4 heteroatoms. The Labute approximate surface area is 76.6 Å². The van der Waals surface area contributed by atoms with Gasteiger partial charge in [0.2, 0.25) is 0 Å². The molecule has 0 atom stereocenters. The molecule has 0 saturated heterocycles. The molecule has 0 aromatic heterocycles. The quantitative estimate of drug-likeness (QED) is 0.411. The van der Waals surface area contributed by atoms with E-state index in [1.54, 1.807) is 31.4 Å². The van der Waals surface area contributed by atoms with Gasteiger partial charge < -0.3 is 15.7 Å². The highest BCUT2D eigenvalue weighted by molar-refractivity contribution is 6.01. The lowest BCUT2D eigenvalue weighted by Gasteiger charge is -2.02. The first kappa shape index (κ1) is 9.54. The summed E-state index contributed by atoms with van der Waals surface area (Å²) in [5, 5.41) is 11.7. The predicted octanol–water partition coefficient (Wildman–Crippen LogP) is 0.832. The largest absolute Gasteiger partial charge is 0.497 e. The maximum absolute atomic E-state index is 8.58. The van der Waals surface area contributed by atoms with Gasteiger partial charge in [-0.15, -0.1) is 0 Å². The summed E-state index contributed by atoms with van der Waals surface area (Å²) in [6, 6.07) is 7.16. The zero-order chi connectivity index (χ0) is 9.68. The molecule has 0 aliphatic heterocycles. The zero-order valence-electron chi connectivity index (χ0n) is 7.40. The van der Waals surface area contributed by atoms with Gasteiger partial charge >= 0.3 is 0 Å². The van der Waals surface area contributed by atoms with Crippen LogP contribution in [-0.4, -0.2) is 24.6 Å². The van der Waals surface area contributed by atoms with Crippen molar-refractivity contribution >= 4 is 5.71 Å². The predicted molar refractivity (Wildman–Crippen MR) is 50.4 cm³/mol. The number of methoxy groups -OCH3 is 1. The molecule has 0 bridgehead atoms. The Morgan fingerprint density at radius 3 is 2.46 bits per heavy atom. The van der Waals surface area contributed by atoms with E-state index in [0.717, 1.165) is 11.3 Å². The maximum Gasteiger partial charge on any atom is 0.118 e. The van der Waals surface area contributed by atoms with Crippen LogP contribution in [0.15, 0.2) is 29.4 Å². The summed E-state index contributed by atoms with van der Waals surface area (Å²) in [7, 11) is 1.60. The fourth-order valence-electron chi connectivity index (χ4n) is 1.000. The van der Waals surface area contributed by atoms with Crippen LogP contribution in [0.4, 0.5) is 0 Å². The molecule has 0 heterocycles. The Bertz CT molecular complexity index is 293. The van der Waals surface area contributed by atoms with Crippen LogP contribution in [0.1, 0.15) is 5.56 Å². The summed E-state index contributed by atoms with van der Waals surface area (Å²) in [6.07, 6.45) is 0. The second-order valence-electron chi connectivity index (χ2n) is 2.48. The molecule has 13 heavy (non-hydrogen) atoms. The molecule has 1 rings (SSSR count). The minimum absolute atomic E-state index is 0.211. The van der Waals surface area contributed by atoms with Crippen molar-refractivity contribution in [2.45, 2.75) is 0 Å². The van der Waals surface area contributed by atoms with Crippen LogP contribution in [0.3, 0.4) is 0 Å². The molecule has 0 spiro atoms. The first-order valence-corrected chi connectivity index (χ1v) is 3.87. The fourth-order valence-corrected chi connectivity index (χ4v) is 1.000. The van der Waals surface area contributed by atoms with Gasteiger partial charge in [0.15, 0.2) is 0 Å². The Morgan fingerprint density at radius 1 is 1.46 bits per heavy atom. The van der Waals surface area contributed by atoms with Gasteiger partial charge in [-0.3, -0.25) is 0 Å². The summed E-state index contributed by atoms with van der Waals surface area (Å²) in [4.78, 5) is 0. The number of hydrogen-bond acceptors (Lipinski definition) is 4. The van der Waals surface area contributed by atoms with Gasteiger partial charge in [0.25, 0.3) is 0 Å². The molecule has 0 fully saturated rings. The molecule has 1 aromatic rings. The molecular weight excluding hydrogens is 168 g/mol. The second-order valence-corrected chi connectivity index (χ2v) is 2.48. The SMILES string of the molecule is COc1ccc(/C(CN)=N\O)cc1. The molecule has 3 N–H and O–H groups in total. The summed E-state index contributed by atoms with van der Waals surface area (Å²) in [6.45, 7) is 0.211. The summed E-state index contributed by atoms with van der Waals surface area (Å²) in [5.41, 5.74) is 6.62. The van der Waals surface area contributed by atoms with E-state index in [0.29, 0.717) is 5.71 Å². The highest BCUT2D eigenvalue weighted by Crippen LogP contribution is 2.11. The van der Waals surface area contributed by atoms with Gasteiger partial charge in [-0.05, 0) is 24.3 Å². The Hall–Kier alpha value is -1.55. The molecule has 0 amide bonds.